The van der Waals surface area contributed by atoms with Crippen molar-refractivity contribution in [2.45, 2.75) is 108 Å². The summed E-state index contributed by atoms with van der Waals surface area (Å²) in [5.74, 6) is 2.90. The fourth-order valence-corrected chi connectivity index (χ4v) is 8.95. The zero-order valence-corrected chi connectivity index (χ0v) is 23.2. The molecule has 7 rings (SSSR count). The van der Waals surface area contributed by atoms with E-state index >= 15 is 0 Å². The predicted molar refractivity (Wildman–Crippen MR) is 152 cm³/mol. The number of nitrogens with two attached hydrogens (primary N) is 1. The van der Waals surface area contributed by atoms with E-state index in [2.05, 4.69) is 34.9 Å². The van der Waals surface area contributed by atoms with Gasteiger partial charge in [-0.25, -0.2) is 14.4 Å². The number of piperidine rings is 1. The standard InChI is InChI=1S/C32H44FN5/c1-22-5-3-15-37(20-22)30-26-9-13-31(11-2-6-23-7-8-25(34)17-27(23)31)19-28(26)35-29(36-30)10-14-32-12-4-16-38(32)21-24(33)18-32/h7-8,17,22,24H,2-6,9-16,18-21,34H2,1H3. The van der Waals surface area contributed by atoms with Gasteiger partial charge in [-0.2, -0.15) is 0 Å². The molecule has 4 unspecified atom stereocenters. The lowest BCUT2D eigenvalue weighted by Gasteiger charge is -2.44. The summed E-state index contributed by atoms with van der Waals surface area (Å²) in [5.41, 5.74) is 13.0. The van der Waals surface area contributed by atoms with Gasteiger partial charge in [-0.05, 0) is 113 Å². The summed E-state index contributed by atoms with van der Waals surface area (Å²) < 4.78 is 14.4. The predicted octanol–water partition coefficient (Wildman–Crippen LogP) is 5.57. The van der Waals surface area contributed by atoms with Crippen molar-refractivity contribution in [2.24, 2.45) is 5.92 Å². The van der Waals surface area contributed by atoms with E-state index in [0.29, 0.717) is 18.9 Å². The molecule has 0 amide bonds. The van der Waals surface area contributed by atoms with Crippen molar-refractivity contribution < 1.29 is 4.39 Å². The first-order chi connectivity index (χ1) is 18.4. The third-order valence-corrected chi connectivity index (χ3v) is 10.8. The lowest BCUT2D eigenvalue weighted by molar-refractivity contribution is 0.181. The minimum absolute atomic E-state index is 0.0273. The summed E-state index contributed by atoms with van der Waals surface area (Å²) in [5, 5.41) is 0. The number of nitrogen functional groups attached to an aromatic ring is 1. The molecule has 6 heteroatoms. The van der Waals surface area contributed by atoms with Gasteiger partial charge in [-0.15, -0.1) is 0 Å². The van der Waals surface area contributed by atoms with Gasteiger partial charge in [0.15, 0.2) is 0 Å². The van der Waals surface area contributed by atoms with Crippen molar-refractivity contribution >= 4 is 11.5 Å². The van der Waals surface area contributed by atoms with Crippen LogP contribution < -0.4 is 10.6 Å². The van der Waals surface area contributed by atoms with Gasteiger partial charge in [-0.1, -0.05) is 13.0 Å². The van der Waals surface area contributed by atoms with Gasteiger partial charge >= 0.3 is 0 Å². The number of nitrogens with zero attached hydrogens (tertiary/aromatic N) is 4. The average Bonchev–Trinajstić information content (AvgIpc) is 3.43. The maximum atomic E-state index is 14.4. The molecule has 3 aliphatic heterocycles. The minimum Gasteiger partial charge on any atom is -0.399 e. The van der Waals surface area contributed by atoms with E-state index in [1.54, 1.807) is 0 Å². The summed E-state index contributed by atoms with van der Waals surface area (Å²) in [6, 6.07) is 6.59. The van der Waals surface area contributed by atoms with E-state index < -0.39 is 6.17 Å². The van der Waals surface area contributed by atoms with Crippen LogP contribution in [0.2, 0.25) is 0 Å². The molecule has 1 aromatic carbocycles. The van der Waals surface area contributed by atoms with Crippen LogP contribution in [0.4, 0.5) is 15.9 Å². The molecule has 1 aromatic heterocycles. The Bertz CT molecular complexity index is 1210. The molecule has 3 fully saturated rings. The van der Waals surface area contributed by atoms with E-state index in [-0.39, 0.29) is 11.0 Å². The quantitative estimate of drug-likeness (QED) is 0.538. The van der Waals surface area contributed by atoms with Crippen LogP contribution in [-0.4, -0.2) is 52.8 Å². The summed E-state index contributed by atoms with van der Waals surface area (Å²) in [6.45, 7) is 6.23. The van der Waals surface area contributed by atoms with Crippen LogP contribution in [0.5, 0.6) is 0 Å². The fourth-order valence-electron chi connectivity index (χ4n) is 8.95. The van der Waals surface area contributed by atoms with Crippen LogP contribution in [0.25, 0.3) is 0 Å². The summed E-state index contributed by atoms with van der Waals surface area (Å²) in [4.78, 5) is 15.6. The second-order valence-corrected chi connectivity index (χ2v) is 13.4. The highest BCUT2D eigenvalue weighted by atomic mass is 19.1. The number of hydrogen-bond donors (Lipinski definition) is 1. The van der Waals surface area contributed by atoms with Crippen LogP contribution >= 0.6 is 0 Å². The van der Waals surface area contributed by atoms with Crippen LogP contribution in [0.3, 0.4) is 0 Å². The average molecular weight is 518 g/mol. The summed E-state index contributed by atoms with van der Waals surface area (Å²) in [7, 11) is 0. The molecule has 0 bridgehead atoms. The monoisotopic (exact) mass is 517 g/mol. The molecule has 2 aliphatic carbocycles. The van der Waals surface area contributed by atoms with Crippen molar-refractivity contribution in [3.8, 4) is 0 Å². The van der Waals surface area contributed by atoms with Gasteiger partial charge in [0, 0.05) is 48.3 Å². The van der Waals surface area contributed by atoms with Crippen molar-refractivity contribution in [3.05, 3.63) is 46.4 Å². The number of hydrogen-bond acceptors (Lipinski definition) is 5. The topological polar surface area (TPSA) is 58.3 Å². The third-order valence-electron chi connectivity index (χ3n) is 10.8. The minimum atomic E-state index is -0.677. The Labute approximate surface area is 227 Å². The van der Waals surface area contributed by atoms with E-state index in [1.807, 2.05) is 0 Å². The Morgan fingerprint density at radius 1 is 1.05 bits per heavy atom. The fraction of sp³-hybridized carbons (Fsp3) is 0.688. The number of aryl methyl sites for hydroxylation is 2. The first kappa shape index (κ1) is 24.8. The molecule has 4 atom stereocenters. The van der Waals surface area contributed by atoms with Crippen molar-refractivity contribution in [1.29, 1.82) is 0 Å². The smallest absolute Gasteiger partial charge is 0.135 e. The molecule has 204 valence electrons. The van der Waals surface area contributed by atoms with E-state index in [0.717, 1.165) is 76.1 Å². The van der Waals surface area contributed by atoms with Gasteiger partial charge in [0.1, 0.15) is 17.8 Å². The number of aromatic nitrogens is 2. The summed E-state index contributed by atoms with van der Waals surface area (Å²) in [6.07, 6.45) is 13.5. The highest BCUT2D eigenvalue weighted by molar-refractivity contribution is 5.55. The van der Waals surface area contributed by atoms with Crippen molar-refractivity contribution in [3.63, 3.8) is 0 Å². The molecule has 3 saturated heterocycles. The second-order valence-electron chi connectivity index (χ2n) is 13.4. The van der Waals surface area contributed by atoms with Crippen LogP contribution in [0.1, 0.15) is 92.9 Å². The molecule has 2 N–H and O–H groups in total. The summed E-state index contributed by atoms with van der Waals surface area (Å²) >= 11 is 0. The van der Waals surface area contributed by atoms with Crippen molar-refractivity contribution in [2.75, 3.05) is 36.8 Å². The van der Waals surface area contributed by atoms with E-state index in [9.17, 15) is 4.39 Å². The van der Waals surface area contributed by atoms with Crippen LogP contribution in [0.15, 0.2) is 18.2 Å². The second kappa shape index (κ2) is 9.46. The largest absolute Gasteiger partial charge is 0.399 e. The molecule has 38 heavy (non-hydrogen) atoms. The molecular formula is C32H44FN5. The molecular weight excluding hydrogens is 473 g/mol. The SMILES string of the molecule is CC1CCCN(c2nc(CCC34CCCN3CC(F)C4)nc3c2CCC2(CCCc4ccc(N)cc42)C3)C1. The number of alkyl halides is 1. The molecule has 0 saturated carbocycles. The Morgan fingerprint density at radius 3 is 2.87 bits per heavy atom. The number of benzene rings is 1. The normalized spacial score (nSPS) is 32.8. The zero-order valence-electron chi connectivity index (χ0n) is 23.2. The molecule has 4 heterocycles. The van der Waals surface area contributed by atoms with Crippen LogP contribution in [-0.2, 0) is 31.1 Å². The molecule has 2 aromatic rings. The maximum absolute atomic E-state index is 14.4. The Kier molecular flexibility index (Phi) is 6.18. The molecule has 5 aliphatic rings. The molecule has 1 spiro atoms. The highest BCUT2D eigenvalue weighted by Gasteiger charge is 2.48. The van der Waals surface area contributed by atoms with Gasteiger partial charge in [0.25, 0.3) is 0 Å². The maximum Gasteiger partial charge on any atom is 0.135 e. The molecule has 5 nitrogen and oxygen atoms in total. The first-order valence-corrected chi connectivity index (χ1v) is 15.3. The number of anilines is 2. The third kappa shape index (κ3) is 4.22. The molecule has 0 radical (unpaired) electrons. The lowest BCUT2D eigenvalue weighted by atomic mass is 9.62. The lowest BCUT2D eigenvalue weighted by Crippen LogP contribution is -2.41. The number of fused-ring (bicyclic) bond motifs is 4. The van der Waals surface area contributed by atoms with Gasteiger partial charge in [0.05, 0.1) is 5.69 Å². The first-order valence-electron chi connectivity index (χ1n) is 15.3. The van der Waals surface area contributed by atoms with Gasteiger partial charge in [-0.3, -0.25) is 4.90 Å². The van der Waals surface area contributed by atoms with E-state index in [1.165, 1.54) is 60.3 Å². The van der Waals surface area contributed by atoms with Crippen molar-refractivity contribution in [1.82, 2.24) is 14.9 Å². The Balaban J connectivity index is 1.24. The number of halogens is 1. The Morgan fingerprint density at radius 2 is 1.97 bits per heavy atom. The van der Waals surface area contributed by atoms with Gasteiger partial charge in [0.2, 0.25) is 0 Å². The highest BCUT2D eigenvalue weighted by Crippen LogP contribution is 2.48. The number of rotatable bonds is 4. The van der Waals surface area contributed by atoms with Crippen LogP contribution in [0, 0.1) is 5.92 Å². The van der Waals surface area contributed by atoms with Gasteiger partial charge < -0.3 is 10.6 Å². The zero-order chi connectivity index (χ0) is 25.9. The van der Waals surface area contributed by atoms with E-state index in [4.69, 9.17) is 15.7 Å². The Hall–Kier alpha value is -2.21.